The number of benzene rings is 1. The van der Waals surface area contributed by atoms with Gasteiger partial charge < -0.3 is 10.1 Å². The average Bonchev–Trinajstić information content (AvgIpc) is 2.81. The van der Waals surface area contributed by atoms with E-state index < -0.39 is 5.97 Å². The number of ether oxygens (including phenoxy) is 1. The summed E-state index contributed by atoms with van der Waals surface area (Å²) < 4.78 is 4.65. The number of hydrogen-bond donors (Lipinski definition) is 2. The topological polar surface area (TPSA) is 67.4 Å². The van der Waals surface area contributed by atoms with Gasteiger partial charge in [-0.05, 0) is 42.9 Å². The van der Waals surface area contributed by atoms with Crippen LogP contribution in [0, 0.1) is 0 Å². The molecule has 1 aromatic rings. The third kappa shape index (κ3) is 13.5. The smallest absolute Gasteiger partial charge is 0.337 e. The maximum Gasteiger partial charge on any atom is 0.337 e. The fourth-order valence-electron chi connectivity index (χ4n) is 3.62. The highest BCUT2D eigenvalue weighted by molar-refractivity contribution is 7.80. The van der Waals surface area contributed by atoms with Crippen molar-refractivity contribution in [3.63, 3.8) is 0 Å². The summed E-state index contributed by atoms with van der Waals surface area (Å²) in [6, 6.07) is 6.29. The lowest BCUT2D eigenvalue weighted by Crippen LogP contribution is -2.39. The van der Waals surface area contributed by atoms with Crippen molar-refractivity contribution in [1.82, 2.24) is 10.6 Å². The van der Waals surface area contributed by atoms with E-state index in [1.807, 2.05) is 0 Å². The number of esters is 1. The Labute approximate surface area is 200 Å². The highest BCUT2D eigenvalue weighted by Gasteiger charge is 2.10. The molecule has 0 saturated heterocycles. The van der Waals surface area contributed by atoms with Crippen LogP contribution in [-0.4, -0.2) is 30.6 Å². The molecule has 0 atom stereocenters. The molecule has 180 valence electrons. The quantitative estimate of drug-likeness (QED) is 0.156. The summed E-state index contributed by atoms with van der Waals surface area (Å²) in [4.78, 5) is 23.7. The Balaban J connectivity index is 1.97. The molecule has 6 heteroatoms. The number of unbranched alkanes of at least 4 members (excludes halogenated alkanes) is 13. The SMILES string of the molecule is CCCCCCCCCCCCCCCCNC(=S)NC(=O)c1ccc(C(=O)OC)cc1. The highest BCUT2D eigenvalue weighted by atomic mass is 32.1. The number of amides is 1. The van der Waals surface area contributed by atoms with Gasteiger partial charge in [-0.1, -0.05) is 90.4 Å². The van der Waals surface area contributed by atoms with Crippen LogP contribution in [-0.2, 0) is 4.74 Å². The molecule has 0 aromatic heterocycles. The molecule has 0 aliphatic heterocycles. The molecule has 0 radical (unpaired) electrons. The van der Waals surface area contributed by atoms with E-state index in [1.54, 1.807) is 24.3 Å². The van der Waals surface area contributed by atoms with Crippen LogP contribution < -0.4 is 10.6 Å². The largest absolute Gasteiger partial charge is 0.465 e. The Bertz CT molecular complexity index is 662. The third-order valence-corrected chi connectivity index (χ3v) is 5.86. The van der Waals surface area contributed by atoms with E-state index in [4.69, 9.17) is 12.2 Å². The van der Waals surface area contributed by atoms with Gasteiger partial charge in [0.2, 0.25) is 0 Å². The van der Waals surface area contributed by atoms with Crippen molar-refractivity contribution in [3.8, 4) is 0 Å². The summed E-state index contributed by atoms with van der Waals surface area (Å²) in [6.45, 7) is 3.03. The van der Waals surface area contributed by atoms with Crippen LogP contribution in [0.1, 0.15) is 118 Å². The van der Waals surface area contributed by atoms with Gasteiger partial charge in [0.15, 0.2) is 5.11 Å². The maximum atomic E-state index is 12.2. The first-order valence-electron chi connectivity index (χ1n) is 12.4. The normalized spacial score (nSPS) is 10.6. The second kappa shape index (κ2) is 18.6. The van der Waals surface area contributed by atoms with Crippen molar-refractivity contribution in [3.05, 3.63) is 35.4 Å². The van der Waals surface area contributed by atoms with E-state index in [0.29, 0.717) is 16.2 Å². The molecule has 0 bridgehead atoms. The summed E-state index contributed by atoms with van der Waals surface area (Å²) in [5.74, 6) is -0.720. The Morgan fingerprint density at radius 1 is 0.750 bits per heavy atom. The van der Waals surface area contributed by atoms with E-state index in [0.717, 1.165) is 13.0 Å². The number of hydrogen-bond acceptors (Lipinski definition) is 4. The van der Waals surface area contributed by atoms with Crippen LogP contribution >= 0.6 is 12.2 Å². The second-order valence-electron chi connectivity index (χ2n) is 8.38. The van der Waals surface area contributed by atoms with Gasteiger partial charge in [-0.25, -0.2) is 4.79 Å². The minimum Gasteiger partial charge on any atom is -0.465 e. The molecular weight excluding hydrogens is 420 g/mol. The van der Waals surface area contributed by atoms with E-state index in [9.17, 15) is 9.59 Å². The molecule has 0 spiro atoms. The molecule has 1 amide bonds. The van der Waals surface area contributed by atoms with Gasteiger partial charge in [-0.3, -0.25) is 10.1 Å². The number of methoxy groups -OCH3 is 1. The van der Waals surface area contributed by atoms with Gasteiger partial charge in [0.25, 0.3) is 5.91 Å². The zero-order chi connectivity index (χ0) is 23.4. The van der Waals surface area contributed by atoms with Crippen LogP contribution in [0.5, 0.6) is 0 Å². The standard InChI is InChI=1S/C26H42N2O3S/c1-3-4-5-6-7-8-9-10-11-12-13-14-15-16-21-27-26(32)28-24(29)22-17-19-23(20-18-22)25(30)31-2/h17-20H,3-16,21H2,1-2H3,(H2,27,28,29,32). The van der Waals surface area contributed by atoms with Gasteiger partial charge in [0.05, 0.1) is 12.7 Å². The fraction of sp³-hybridized carbons (Fsp3) is 0.654. The summed E-state index contributed by atoms with van der Waals surface area (Å²) in [6.07, 6.45) is 18.6. The number of carbonyl (C=O) groups is 2. The first kappa shape index (κ1) is 28.1. The van der Waals surface area contributed by atoms with Crippen molar-refractivity contribution in [1.29, 1.82) is 0 Å². The molecule has 0 fully saturated rings. The van der Waals surface area contributed by atoms with Gasteiger partial charge in [-0.2, -0.15) is 0 Å². The van der Waals surface area contributed by atoms with Crippen LogP contribution in [0.4, 0.5) is 0 Å². The lowest BCUT2D eigenvalue weighted by molar-refractivity contribution is 0.0600. The highest BCUT2D eigenvalue weighted by Crippen LogP contribution is 2.12. The minimum atomic E-state index is -0.428. The Morgan fingerprint density at radius 3 is 1.66 bits per heavy atom. The Kier molecular flexibility index (Phi) is 16.3. The Morgan fingerprint density at radius 2 is 1.19 bits per heavy atom. The minimum absolute atomic E-state index is 0.292. The summed E-state index contributed by atoms with van der Waals surface area (Å²) >= 11 is 5.20. The van der Waals surface area contributed by atoms with Gasteiger partial charge in [0.1, 0.15) is 0 Å². The number of nitrogens with one attached hydrogen (secondary N) is 2. The lowest BCUT2D eigenvalue weighted by Gasteiger charge is -2.10. The molecular formula is C26H42N2O3S. The number of carbonyl (C=O) groups excluding carboxylic acids is 2. The first-order valence-corrected chi connectivity index (χ1v) is 12.8. The van der Waals surface area contributed by atoms with E-state index >= 15 is 0 Å². The van der Waals surface area contributed by atoms with Crippen molar-refractivity contribution in [2.75, 3.05) is 13.7 Å². The number of rotatable bonds is 17. The zero-order valence-corrected chi connectivity index (χ0v) is 20.9. The van der Waals surface area contributed by atoms with E-state index in [1.165, 1.54) is 90.6 Å². The average molecular weight is 463 g/mol. The molecule has 32 heavy (non-hydrogen) atoms. The molecule has 1 rings (SSSR count). The molecule has 0 aliphatic carbocycles. The first-order chi connectivity index (χ1) is 15.6. The summed E-state index contributed by atoms with van der Waals surface area (Å²) in [7, 11) is 1.32. The molecule has 2 N–H and O–H groups in total. The molecule has 0 unspecified atom stereocenters. The van der Waals surface area contributed by atoms with Crippen molar-refractivity contribution in [2.45, 2.75) is 96.8 Å². The summed E-state index contributed by atoms with van der Waals surface area (Å²) in [5.41, 5.74) is 0.848. The fourth-order valence-corrected chi connectivity index (χ4v) is 3.81. The van der Waals surface area contributed by atoms with Gasteiger partial charge in [-0.15, -0.1) is 0 Å². The lowest BCUT2D eigenvalue weighted by atomic mass is 10.0. The van der Waals surface area contributed by atoms with E-state index in [-0.39, 0.29) is 5.91 Å². The third-order valence-electron chi connectivity index (χ3n) is 5.61. The zero-order valence-electron chi connectivity index (χ0n) is 20.0. The molecule has 5 nitrogen and oxygen atoms in total. The Hall–Kier alpha value is -1.95. The monoisotopic (exact) mass is 462 g/mol. The van der Waals surface area contributed by atoms with Gasteiger partial charge in [0, 0.05) is 12.1 Å². The second-order valence-corrected chi connectivity index (χ2v) is 8.78. The van der Waals surface area contributed by atoms with Crippen molar-refractivity contribution >= 4 is 29.2 Å². The predicted molar refractivity (Wildman–Crippen MR) is 136 cm³/mol. The van der Waals surface area contributed by atoms with Crippen molar-refractivity contribution in [2.24, 2.45) is 0 Å². The van der Waals surface area contributed by atoms with Crippen LogP contribution in [0.25, 0.3) is 0 Å². The van der Waals surface area contributed by atoms with Crippen LogP contribution in [0.2, 0.25) is 0 Å². The molecule has 0 aliphatic rings. The predicted octanol–water partition coefficient (Wildman–Crippen LogP) is 6.56. The maximum absolute atomic E-state index is 12.2. The molecule has 1 aromatic carbocycles. The molecule has 0 heterocycles. The molecule has 0 saturated carbocycles. The number of thiocarbonyl (C=S) groups is 1. The van der Waals surface area contributed by atoms with Crippen LogP contribution in [0.15, 0.2) is 24.3 Å². The van der Waals surface area contributed by atoms with Crippen LogP contribution in [0.3, 0.4) is 0 Å². The summed E-state index contributed by atoms with van der Waals surface area (Å²) in [5, 5.41) is 6.10. The van der Waals surface area contributed by atoms with E-state index in [2.05, 4.69) is 22.3 Å². The van der Waals surface area contributed by atoms with Gasteiger partial charge >= 0.3 is 5.97 Å². The van der Waals surface area contributed by atoms with Crippen molar-refractivity contribution < 1.29 is 14.3 Å².